The van der Waals surface area contributed by atoms with Crippen molar-refractivity contribution in [2.45, 2.75) is 6.54 Å². The van der Waals surface area contributed by atoms with Gasteiger partial charge in [-0.05, 0) is 42.0 Å². The summed E-state index contributed by atoms with van der Waals surface area (Å²) in [5, 5.41) is 0.580. The van der Waals surface area contributed by atoms with E-state index in [9.17, 15) is 13.2 Å². The van der Waals surface area contributed by atoms with E-state index in [-0.39, 0.29) is 6.54 Å². The van der Waals surface area contributed by atoms with E-state index in [4.69, 9.17) is 17.4 Å². The number of benzene rings is 2. The Bertz CT molecular complexity index is 790. The first-order valence-corrected chi connectivity index (χ1v) is 8.87. The van der Waals surface area contributed by atoms with Gasteiger partial charge in [-0.15, -0.1) is 0 Å². The van der Waals surface area contributed by atoms with Gasteiger partial charge in [0.05, 0.1) is 18.5 Å². The number of hydrazine groups is 1. The number of rotatable bonds is 5. The molecule has 0 heterocycles. The van der Waals surface area contributed by atoms with Crippen LogP contribution in [0.1, 0.15) is 15.9 Å². The summed E-state index contributed by atoms with van der Waals surface area (Å²) >= 11 is 5.84. The number of nitrogen functional groups attached to an aromatic ring is 1. The third-order valence-corrected chi connectivity index (χ3v) is 4.58. The average molecular weight is 354 g/mol. The summed E-state index contributed by atoms with van der Waals surface area (Å²) < 4.78 is 25.4. The summed E-state index contributed by atoms with van der Waals surface area (Å²) in [4.78, 5) is 11.4. The Morgan fingerprint density at radius 3 is 2.17 bits per heavy atom. The number of anilines is 1. The van der Waals surface area contributed by atoms with Gasteiger partial charge in [0.25, 0.3) is 5.91 Å². The lowest BCUT2D eigenvalue weighted by Gasteiger charge is -2.22. The maximum Gasteiger partial charge on any atom is 0.265 e. The van der Waals surface area contributed by atoms with Gasteiger partial charge in [0.2, 0.25) is 10.0 Å². The Labute approximate surface area is 139 Å². The van der Waals surface area contributed by atoms with Crippen LogP contribution in [-0.2, 0) is 16.6 Å². The molecule has 3 N–H and O–H groups in total. The van der Waals surface area contributed by atoms with Crippen molar-refractivity contribution in [1.29, 1.82) is 0 Å². The van der Waals surface area contributed by atoms with Crippen LogP contribution in [0.4, 0.5) is 5.69 Å². The molecular weight excluding hydrogens is 338 g/mol. The van der Waals surface area contributed by atoms with Crippen LogP contribution in [0, 0.1) is 0 Å². The lowest BCUT2D eigenvalue weighted by molar-refractivity contribution is 0.0953. The van der Waals surface area contributed by atoms with Gasteiger partial charge in [-0.1, -0.05) is 23.7 Å². The number of carbonyl (C=O) groups is 1. The molecular formula is C15H16ClN3O3S. The molecule has 0 saturated heterocycles. The van der Waals surface area contributed by atoms with Crippen molar-refractivity contribution in [3.63, 3.8) is 0 Å². The molecule has 2 aromatic carbocycles. The molecule has 0 unspecified atom stereocenters. The van der Waals surface area contributed by atoms with E-state index >= 15 is 0 Å². The Kier molecular flexibility index (Phi) is 5.25. The molecule has 0 aromatic heterocycles. The second-order valence-corrected chi connectivity index (χ2v) is 7.26. The SMILES string of the molecule is CS(=O)(=O)N(Cc1ccc(Cl)cc1)c1ccc(C(=O)NN)cc1. The highest BCUT2D eigenvalue weighted by Crippen LogP contribution is 2.22. The Morgan fingerprint density at radius 2 is 1.70 bits per heavy atom. The number of amides is 1. The van der Waals surface area contributed by atoms with E-state index in [0.29, 0.717) is 16.3 Å². The monoisotopic (exact) mass is 353 g/mol. The normalized spacial score (nSPS) is 11.1. The summed E-state index contributed by atoms with van der Waals surface area (Å²) in [7, 11) is -3.49. The zero-order valence-corrected chi connectivity index (χ0v) is 13.9. The first-order valence-electron chi connectivity index (χ1n) is 6.64. The first-order chi connectivity index (χ1) is 10.8. The van der Waals surface area contributed by atoms with Gasteiger partial charge >= 0.3 is 0 Å². The second kappa shape index (κ2) is 6.99. The molecule has 0 fully saturated rings. The van der Waals surface area contributed by atoms with Crippen LogP contribution in [0.5, 0.6) is 0 Å². The summed E-state index contributed by atoms with van der Waals surface area (Å²) in [5.74, 6) is 4.62. The predicted octanol–water partition coefficient (Wildman–Crippen LogP) is 1.91. The summed E-state index contributed by atoms with van der Waals surface area (Å²) in [5.41, 5.74) is 3.62. The molecule has 0 aliphatic rings. The van der Waals surface area contributed by atoms with Gasteiger partial charge in [0.15, 0.2) is 0 Å². The van der Waals surface area contributed by atoms with Gasteiger partial charge in [-0.3, -0.25) is 14.5 Å². The van der Waals surface area contributed by atoms with Gasteiger partial charge in [0, 0.05) is 10.6 Å². The fraction of sp³-hybridized carbons (Fsp3) is 0.133. The number of nitrogens with two attached hydrogens (primary N) is 1. The molecule has 1 amide bonds. The molecule has 23 heavy (non-hydrogen) atoms. The Morgan fingerprint density at radius 1 is 1.13 bits per heavy atom. The Balaban J connectivity index is 2.32. The number of nitrogens with zero attached hydrogens (tertiary/aromatic N) is 1. The number of carbonyl (C=O) groups excluding carboxylic acids is 1. The number of sulfonamides is 1. The number of halogens is 1. The molecule has 2 aromatic rings. The number of hydrogen-bond acceptors (Lipinski definition) is 4. The van der Waals surface area contributed by atoms with E-state index in [1.807, 2.05) is 5.43 Å². The first kappa shape index (κ1) is 17.3. The van der Waals surface area contributed by atoms with E-state index in [2.05, 4.69) is 0 Å². The number of hydrogen-bond donors (Lipinski definition) is 2. The van der Waals surface area contributed by atoms with Gasteiger partial charge in [-0.25, -0.2) is 14.3 Å². The molecule has 0 saturated carbocycles. The maximum atomic E-state index is 12.1. The predicted molar refractivity (Wildman–Crippen MR) is 90.6 cm³/mol. The second-order valence-electron chi connectivity index (χ2n) is 4.92. The minimum atomic E-state index is -3.49. The highest BCUT2D eigenvalue weighted by Gasteiger charge is 2.18. The number of nitrogens with one attached hydrogen (secondary N) is 1. The largest absolute Gasteiger partial charge is 0.290 e. The quantitative estimate of drug-likeness (QED) is 0.488. The summed E-state index contributed by atoms with van der Waals surface area (Å²) in [6.07, 6.45) is 1.13. The molecule has 0 aliphatic heterocycles. The van der Waals surface area contributed by atoms with Crippen molar-refractivity contribution in [3.05, 3.63) is 64.7 Å². The minimum Gasteiger partial charge on any atom is -0.290 e. The smallest absolute Gasteiger partial charge is 0.265 e. The van der Waals surface area contributed by atoms with Crippen LogP contribution < -0.4 is 15.6 Å². The minimum absolute atomic E-state index is 0.165. The van der Waals surface area contributed by atoms with E-state index in [0.717, 1.165) is 11.8 Å². The topological polar surface area (TPSA) is 92.5 Å². The van der Waals surface area contributed by atoms with Crippen LogP contribution in [-0.4, -0.2) is 20.6 Å². The van der Waals surface area contributed by atoms with Crippen LogP contribution in [0.2, 0.25) is 5.02 Å². The molecule has 122 valence electrons. The standard InChI is InChI=1S/C15H16ClN3O3S/c1-23(21,22)19(10-11-2-6-13(16)7-3-11)14-8-4-12(5-9-14)15(20)18-17/h2-9H,10,17H2,1H3,(H,18,20). The molecule has 0 bridgehead atoms. The highest BCUT2D eigenvalue weighted by atomic mass is 35.5. The maximum absolute atomic E-state index is 12.1. The van der Waals surface area contributed by atoms with E-state index < -0.39 is 15.9 Å². The molecule has 0 radical (unpaired) electrons. The Hall–Kier alpha value is -2.09. The third-order valence-electron chi connectivity index (χ3n) is 3.19. The van der Waals surface area contributed by atoms with Crippen LogP contribution in [0.15, 0.2) is 48.5 Å². The van der Waals surface area contributed by atoms with Crippen LogP contribution in [0.3, 0.4) is 0 Å². The lowest BCUT2D eigenvalue weighted by Crippen LogP contribution is -2.31. The van der Waals surface area contributed by atoms with Gasteiger partial charge in [0.1, 0.15) is 0 Å². The van der Waals surface area contributed by atoms with Crippen molar-refractivity contribution >= 4 is 33.2 Å². The zero-order chi connectivity index (χ0) is 17.0. The van der Waals surface area contributed by atoms with Gasteiger partial charge in [-0.2, -0.15) is 0 Å². The molecule has 0 atom stereocenters. The summed E-state index contributed by atoms with van der Waals surface area (Å²) in [6.45, 7) is 0.165. The molecule has 2 rings (SSSR count). The van der Waals surface area contributed by atoms with E-state index in [1.165, 1.54) is 16.4 Å². The average Bonchev–Trinajstić information content (AvgIpc) is 2.52. The zero-order valence-electron chi connectivity index (χ0n) is 12.4. The van der Waals surface area contributed by atoms with E-state index in [1.54, 1.807) is 36.4 Å². The highest BCUT2D eigenvalue weighted by molar-refractivity contribution is 7.92. The fourth-order valence-electron chi connectivity index (χ4n) is 2.02. The summed E-state index contributed by atoms with van der Waals surface area (Å²) in [6, 6.07) is 13.1. The fourth-order valence-corrected chi connectivity index (χ4v) is 3.03. The van der Waals surface area contributed by atoms with Gasteiger partial charge < -0.3 is 0 Å². The van der Waals surface area contributed by atoms with Crippen LogP contribution >= 0.6 is 11.6 Å². The molecule has 8 heteroatoms. The molecule has 0 aliphatic carbocycles. The van der Waals surface area contributed by atoms with Crippen molar-refractivity contribution in [2.75, 3.05) is 10.6 Å². The van der Waals surface area contributed by atoms with Crippen LogP contribution in [0.25, 0.3) is 0 Å². The van der Waals surface area contributed by atoms with Crippen molar-refractivity contribution in [3.8, 4) is 0 Å². The van der Waals surface area contributed by atoms with Crippen molar-refractivity contribution in [2.24, 2.45) is 5.84 Å². The van der Waals surface area contributed by atoms with Crippen molar-refractivity contribution < 1.29 is 13.2 Å². The van der Waals surface area contributed by atoms with Crippen molar-refractivity contribution in [1.82, 2.24) is 5.43 Å². The molecule has 6 nitrogen and oxygen atoms in total. The molecule has 0 spiro atoms. The lowest BCUT2D eigenvalue weighted by atomic mass is 10.2. The third kappa shape index (κ3) is 4.44.